The molecule has 0 aromatic rings. The summed E-state index contributed by atoms with van der Waals surface area (Å²) in [6.45, 7) is 6.55. The standard InChI is InChI=1S/C50H90O6/c1-4-7-10-13-16-18-20-22-23-24-25-26-28-29-31-34-37-40-43-49(52)55-46-47(45-54-48(51)42-39-36-33-15-12-9-6-3)56-50(53)44-41-38-35-32-30-27-21-19-17-14-11-8-5-2/h18-21,23-24,47H,4-17,22,25-46H2,1-3H3/b20-18-,21-19-,24-23-. The molecule has 6 nitrogen and oxygen atoms in total. The van der Waals surface area contributed by atoms with E-state index in [-0.39, 0.29) is 31.1 Å². The highest BCUT2D eigenvalue weighted by molar-refractivity contribution is 5.71. The van der Waals surface area contributed by atoms with Crippen molar-refractivity contribution in [2.75, 3.05) is 13.2 Å². The van der Waals surface area contributed by atoms with Crippen LogP contribution in [0.2, 0.25) is 0 Å². The van der Waals surface area contributed by atoms with Gasteiger partial charge in [0.25, 0.3) is 0 Å². The Hall–Kier alpha value is -2.37. The van der Waals surface area contributed by atoms with Crippen LogP contribution in [0.3, 0.4) is 0 Å². The zero-order valence-corrected chi connectivity index (χ0v) is 37.2. The molecule has 326 valence electrons. The third-order valence-electron chi connectivity index (χ3n) is 10.4. The Bertz CT molecular complexity index is 953. The maximum Gasteiger partial charge on any atom is 0.306 e. The van der Waals surface area contributed by atoms with Crippen LogP contribution in [0, 0.1) is 0 Å². The normalized spacial score (nSPS) is 12.3. The maximum absolute atomic E-state index is 12.7. The fourth-order valence-electron chi connectivity index (χ4n) is 6.70. The number of allylic oxidation sites excluding steroid dienone is 6. The van der Waals surface area contributed by atoms with Gasteiger partial charge in [0.2, 0.25) is 0 Å². The van der Waals surface area contributed by atoms with Crippen molar-refractivity contribution in [2.45, 2.75) is 252 Å². The quantitative estimate of drug-likeness (QED) is 0.0265. The number of rotatable bonds is 43. The Morgan fingerprint density at radius 1 is 0.357 bits per heavy atom. The lowest BCUT2D eigenvalue weighted by Crippen LogP contribution is -2.30. The monoisotopic (exact) mass is 787 g/mol. The molecule has 1 atom stereocenters. The lowest BCUT2D eigenvalue weighted by molar-refractivity contribution is -0.167. The van der Waals surface area contributed by atoms with Crippen LogP contribution in [0.4, 0.5) is 0 Å². The van der Waals surface area contributed by atoms with Crippen LogP contribution in [0.5, 0.6) is 0 Å². The van der Waals surface area contributed by atoms with Gasteiger partial charge in [-0.1, -0.05) is 186 Å². The van der Waals surface area contributed by atoms with Crippen molar-refractivity contribution < 1.29 is 28.6 Å². The van der Waals surface area contributed by atoms with Gasteiger partial charge in [0.1, 0.15) is 13.2 Å². The Kier molecular flexibility index (Phi) is 43.4. The number of hydrogen-bond donors (Lipinski definition) is 0. The average molecular weight is 787 g/mol. The Morgan fingerprint density at radius 2 is 0.643 bits per heavy atom. The van der Waals surface area contributed by atoms with E-state index in [1.54, 1.807) is 0 Å². The van der Waals surface area contributed by atoms with Crippen molar-refractivity contribution in [1.29, 1.82) is 0 Å². The highest BCUT2D eigenvalue weighted by Crippen LogP contribution is 2.14. The summed E-state index contributed by atoms with van der Waals surface area (Å²) < 4.78 is 16.7. The molecule has 0 aliphatic rings. The minimum atomic E-state index is -0.773. The van der Waals surface area contributed by atoms with Gasteiger partial charge in [-0.05, 0) is 77.0 Å². The van der Waals surface area contributed by atoms with Gasteiger partial charge in [-0.2, -0.15) is 0 Å². The van der Waals surface area contributed by atoms with E-state index in [4.69, 9.17) is 14.2 Å². The molecule has 0 saturated carbocycles. The van der Waals surface area contributed by atoms with Crippen LogP contribution in [-0.4, -0.2) is 37.2 Å². The second-order valence-electron chi connectivity index (χ2n) is 16.0. The first-order valence-electron chi connectivity index (χ1n) is 24.0. The zero-order valence-electron chi connectivity index (χ0n) is 37.2. The second kappa shape index (κ2) is 45.3. The summed E-state index contributed by atoms with van der Waals surface area (Å²) in [4.78, 5) is 37.7. The summed E-state index contributed by atoms with van der Waals surface area (Å²) in [5, 5.41) is 0. The predicted octanol–water partition coefficient (Wildman–Crippen LogP) is 15.4. The van der Waals surface area contributed by atoms with Crippen LogP contribution in [0.1, 0.15) is 245 Å². The molecule has 1 unspecified atom stereocenters. The number of unbranched alkanes of at least 4 members (excludes halogenated alkanes) is 26. The van der Waals surface area contributed by atoms with E-state index in [1.165, 1.54) is 122 Å². The van der Waals surface area contributed by atoms with E-state index < -0.39 is 6.10 Å². The first-order chi connectivity index (χ1) is 27.5. The number of hydrogen-bond acceptors (Lipinski definition) is 6. The Morgan fingerprint density at radius 3 is 1.02 bits per heavy atom. The Balaban J connectivity index is 4.28. The van der Waals surface area contributed by atoms with Crippen molar-refractivity contribution in [1.82, 2.24) is 0 Å². The van der Waals surface area contributed by atoms with E-state index in [2.05, 4.69) is 57.2 Å². The minimum absolute atomic E-state index is 0.0769. The van der Waals surface area contributed by atoms with Gasteiger partial charge in [0.15, 0.2) is 6.10 Å². The average Bonchev–Trinajstić information content (AvgIpc) is 3.19. The van der Waals surface area contributed by atoms with E-state index >= 15 is 0 Å². The molecule has 0 spiro atoms. The first kappa shape index (κ1) is 53.6. The lowest BCUT2D eigenvalue weighted by Gasteiger charge is -2.18. The van der Waals surface area contributed by atoms with E-state index in [9.17, 15) is 14.4 Å². The zero-order chi connectivity index (χ0) is 40.8. The van der Waals surface area contributed by atoms with Crippen LogP contribution >= 0.6 is 0 Å². The molecule has 0 rings (SSSR count). The maximum atomic E-state index is 12.7. The summed E-state index contributed by atoms with van der Waals surface area (Å²) in [6, 6.07) is 0. The number of ether oxygens (including phenoxy) is 3. The highest BCUT2D eigenvalue weighted by Gasteiger charge is 2.19. The molecule has 0 aromatic carbocycles. The molecule has 0 N–H and O–H groups in total. The summed E-state index contributed by atoms with van der Waals surface area (Å²) in [6.07, 6.45) is 51.3. The molecule has 0 aliphatic heterocycles. The topological polar surface area (TPSA) is 78.9 Å². The molecule has 0 aromatic heterocycles. The van der Waals surface area contributed by atoms with Crippen LogP contribution in [0.25, 0.3) is 0 Å². The summed E-state index contributed by atoms with van der Waals surface area (Å²) in [5.74, 6) is -0.897. The molecule has 6 heteroatoms. The molecule has 0 amide bonds. The molecule has 0 bridgehead atoms. The predicted molar refractivity (Wildman–Crippen MR) is 238 cm³/mol. The number of carbonyl (C=O) groups is 3. The van der Waals surface area contributed by atoms with E-state index in [1.807, 2.05) is 0 Å². The van der Waals surface area contributed by atoms with Crippen molar-refractivity contribution in [3.05, 3.63) is 36.5 Å². The van der Waals surface area contributed by atoms with Gasteiger partial charge < -0.3 is 14.2 Å². The van der Waals surface area contributed by atoms with Crippen LogP contribution in [0.15, 0.2) is 36.5 Å². The second-order valence-corrected chi connectivity index (χ2v) is 16.0. The Labute approximate surface area is 346 Å². The minimum Gasteiger partial charge on any atom is -0.462 e. The molecule has 0 aliphatic carbocycles. The van der Waals surface area contributed by atoms with Gasteiger partial charge in [-0.3, -0.25) is 14.4 Å². The number of carbonyl (C=O) groups excluding carboxylic acids is 3. The van der Waals surface area contributed by atoms with Crippen LogP contribution < -0.4 is 0 Å². The van der Waals surface area contributed by atoms with E-state index in [0.29, 0.717) is 19.3 Å². The molecule has 0 saturated heterocycles. The first-order valence-corrected chi connectivity index (χ1v) is 24.0. The molecule has 56 heavy (non-hydrogen) atoms. The molecule has 0 radical (unpaired) electrons. The SMILES string of the molecule is CCCCCC/C=C\C/C=C\CCCCCCCCCC(=O)OCC(COC(=O)CCCCCCCCC)OC(=O)CCCCCCC/C=C\CCCCCC. The third-order valence-corrected chi connectivity index (χ3v) is 10.4. The van der Waals surface area contributed by atoms with Gasteiger partial charge in [0.05, 0.1) is 0 Å². The van der Waals surface area contributed by atoms with Crippen molar-refractivity contribution in [2.24, 2.45) is 0 Å². The summed E-state index contributed by atoms with van der Waals surface area (Å²) in [5.41, 5.74) is 0. The van der Waals surface area contributed by atoms with Gasteiger partial charge in [-0.15, -0.1) is 0 Å². The largest absolute Gasteiger partial charge is 0.462 e. The van der Waals surface area contributed by atoms with E-state index in [0.717, 1.165) is 83.5 Å². The fourth-order valence-corrected chi connectivity index (χ4v) is 6.70. The number of esters is 3. The molecular weight excluding hydrogens is 697 g/mol. The lowest BCUT2D eigenvalue weighted by atomic mass is 10.1. The summed E-state index contributed by atoms with van der Waals surface area (Å²) >= 11 is 0. The molecule has 0 fully saturated rings. The van der Waals surface area contributed by atoms with Crippen molar-refractivity contribution >= 4 is 17.9 Å². The van der Waals surface area contributed by atoms with Gasteiger partial charge in [-0.25, -0.2) is 0 Å². The smallest absolute Gasteiger partial charge is 0.306 e. The summed E-state index contributed by atoms with van der Waals surface area (Å²) in [7, 11) is 0. The molecule has 0 heterocycles. The van der Waals surface area contributed by atoms with Gasteiger partial charge in [0, 0.05) is 19.3 Å². The third kappa shape index (κ3) is 42.8. The molecular formula is C50H90O6. The van der Waals surface area contributed by atoms with Crippen molar-refractivity contribution in [3.63, 3.8) is 0 Å². The van der Waals surface area contributed by atoms with Crippen LogP contribution in [-0.2, 0) is 28.6 Å². The van der Waals surface area contributed by atoms with Gasteiger partial charge >= 0.3 is 17.9 Å². The highest BCUT2D eigenvalue weighted by atomic mass is 16.6. The van der Waals surface area contributed by atoms with Crippen molar-refractivity contribution in [3.8, 4) is 0 Å². The fraction of sp³-hybridized carbons (Fsp3) is 0.820.